The van der Waals surface area contributed by atoms with E-state index in [4.69, 9.17) is 11.6 Å². The molecule has 1 aromatic rings. The number of nitrogens with zero attached hydrogens (tertiary/aromatic N) is 4. The quantitative estimate of drug-likeness (QED) is 0.741. The Morgan fingerprint density at radius 1 is 1.33 bits per heavy atom. The van der Waals surface area contributed by atoms with Gasteiger partial charge in [0.25, 0.3) is 5.91 Å². The van der Waals surface area contributed by atoms with Crippen molar-refractivity contribution in [1.29, 1.82) is 0 Å². The van der Waals surface area contributed by atoms with E-state index in [1.54, 1.807) is 12.1 Å². The third kappa shape index (κ3) is 3.32. The number of hydrogen-bond acceptors (Lipinski definition) is 5. The molecular formula is C14H17ClN4OS. The average Bonchev–Trinajstić information content (AvgIpc) is 2.94. The third-order valence-corrected chi connectivity index (χ3v) is 4.98. The van der Waals surface area contributed by atoms with Crippen molar-refractivity contribution >= 4 is 34.4 Å². The molecule has 0 aliphatic carbocycles. The number of thioether (sulfide) groups is 1. The first-order valence-corrected chi connectivity index (χ1v) is 8.26. The van der Waals surface area contributed by atoms with Crippen LogP contribution in [0.3, 0.4) is 0 Å². The van der Waals surface area contributed by atoms with Crippen LogP contribution in [-0.2, 0) is 0 Å². The molecular weight excluding hydrogens is 308 g/mol. The summed E-state index contributed by atoms with van der Waals surface area (Å²) in [5, 5.41) is 2.10. The zero-order valence-electron chi connectivity index (χ0n) is 11.8. The van der Waals surface area contributed by atoms with E-state index < -0.39 is 0 Å². The van der Waals surface area contributed by atoms with Crippen LogP contribution in [0.5, 0.6) is 0 Å². The molecule has 7 heteroatoms. The molecule has 2 aliphatic rings. The van der Waals surface area contributed by atoms with Crippen LogP contribution in [-0.4, -0.2) is 63.8 Å². The maximum atomic E-state index is 12.4. The number of pyridine rings is 1. The van der Waals surface area contributed by atoms with E-state index >= 15 is 0 Å². The van der Waals surface area contributed by atoms with Crippen LogP contribution in [0, 0.1) is 0 Å². The standard InChI is InChI=1S/C14H17ClN4OS/c1-10-8-17-14(21-10)19-6-4-18(5-7-19)13(20)11-2-3-12(15)16-9-11/h2-3,9-10H,4-8H2,1H3/t10-/m1/s1. The number of piperazine rings is 1. The minimum atomic E-state index is 0.0215. The van der Waals surface area contributed by atoms with Gasteiger partial charge in [0.05, 0.1) is 12.1 Å². The number of aromatic nitrogens is 1. The van der Waals surface area contributed by atoms with Gasteiger partial charge < -0.3 is 9.80 Å². The molecule has 1 fully saturated rings. The molecule has 112 valence electrons. The number of aliphatic imine (C=N–C) groups is 1. The monoisotopic (exact) mass is 324 g/mol. The molecule has 3 rings (SSSR count). The molecule has 1 atom stereocenters. The lowest BCUT2D eigenvalue weighted by atomic mass is 10.2. The molecule has 1 saturated heterocycles. The summed E-state index contributed by atoms with van der Waals surface area (Å²) in [4.78, 5) is 25.0. The van der Waals surface area contributed by atoms with E-state index in [0.29, 0.717) is 16.0 Å². The maximum Gasteiger partial charge on any atom is 0.255 e. The van der Waals surface area contributed by atoms with Gasteiger partial charge in [-0.05, 0) is 12.1 Å². The van der Waals surface area contributed by atoms with Gasteiger partial charge in [0, 0.05) is 37.6 Å². The SMILES string of the molecule is C[C@@H]1CN=C(N2CCN(C(=O)c3ccc(Cl)nc3)CC2)S1. The summed E-state index contributed by atoms with van der Waals surface area (Å²) in [6.07, 6.45) is 1.54. The Kier molecular flexibility index (Phi) is 4.35. The van der Waals surface area contributed by atoms with E-state index in [-0.39, 0.29) is 5.91 Å². The van der Waals surface area contributed by atoms with Crippen LogP contribution >= 0.6 is 23.4 Å². The Morgan fingerprint density at radius 2 is 2.10 bits per heavy atom. The Morgan fingerprint density at radius 3 is 2.67 bits per heavy atom. The fourth-order valence-corrected chi connectivity index (χ4v) is 3.52. The summed E-state index contributed by atoms with van der Waals surface area (Å²) < 4.78 is 0. The normalized spacial score (nSPS) is 22.4. The molecule has 0 aromatic carbocycles. The van der Waals surface area contributed by atoms with Crippen molar-refractivity contribution in [3.63, 3.8) is 0 Å². The fourth-order valence-electron chi connectivity index (χ4n) is 2.42. The molecule has 1 amide bonds. The molecule has 5 nitrogen and oxygen atoms in total. The molecule has 0 bridgehead atoms. The van der Waals surface area contributed by atoms with Gasteiger partial charge in [-0.15, -0.1) is 0 Å². The largest absolute Gasteiger partial charge is 0.348 e. The molecule has 1 aromatic heterocycles. The first-order valence-electron chi connectivity index (χ1n) is 7.00. The maximum absolute atomic E-state index is 12.4. The summed E-state index contributed by atoms with van der Waals surface area (Å²) in [7, 11) is 0. The lowest BCUT2D eigenvalue weighted by Crippen LogP contribution is -2.49. The minimum absolute atomic E-state index is 0.0215. The predicted octanol–water partition coefficient (Wildman–Crippen LogP) is 1.98. The molecule has 0 unspecified atom stereocenters. The molecule has 3 heterocycles. The van der Waals surface area contributed by atoms with E-state index in [9.17, 15) is 4.79 Å². The highest BCUT2D eigenvalue weighted by atomic mass is 35.5. The zero-order valence-corrected chi connectivity index (χ0v) is 13.4. The van der Waals surface area contributed by atoms with Gasteiger partial charge in [0.1, 0.15) is 5.15 Å². The molecule has 2 aliphatic heterocycles. The van der Waals surface area contributed by atoms with E-state index in [2.05, 4.69) is 21.8 Å². The number of amides is 1. The fraction of sp³-hybridized carbons (Fsp3) is 0.500. The second kappa shape index (κ2) is 6.23. The van der Waals surface area contributed by atoms with Crippen LogP contribution in [0.4, 0.5) is 0 Å². The van der Waals surface area contributed by atoms with Crippen molar-refractivity contribution in [3.8, 4) is 0 Å². The Hall–Kier alpha value is -1.27. The Balaban J connectivity index is 1.58. The van der Waals surface area contributed by atoms with Gasteiger partial charge in [-0.3, -0.25) is 9.79 Å². The lowest BCUT2D eigenvalue weighted by Gasteiger charge is -2.35. The highest BCUT2D eigenvalue weighted by Gasteiger charge is 2.27. The Labute approximate surface area is 133 Å². The number of rotatable bonds is 1. The Bertz CT molecular complexity index is 555. The number of hydrogen-bond donors (Lipinski definition) is 0. The topological polar surface area (TPSA) is 48.8 Å². The number of carbonyl (C=O) groups excluding carboxylic acids is 1. The van der Waals surface area contributed by atoms with Gasteiger partial charge >= 0.3 is 0 Å². The molecule has 0 spiro atoms. The summed E-state index contributed by atoms with van der Waals surface area (Å²) in [5.74, 6) is 0.0215. The van der Waals surface area contributed by atoms with Crippen LogP contribution in [0.15, 0.2) is 23.3 Å². The van der Waals surface area contributed by atoms with Gasteiger partial charge in [0.15, 0.2) is 5.17 Å². The second-order valence-electron chi connectivity index (χ2n) is 5.20. The predicted molar refractivity (Wildman–Crippen MR) is 86.1 cm³/mol. The van der Waals surface area contributed by atoms with Gasteiger partial charge in [-0.2, -0.15) is 0 Å². The summed E-state index contributed by atoms with van der Waals surface area (Å²) >= 11 is 7.57. The summed E-state index contributed by atoms with van der Waals surface area (Å²) in [6, 6.07) is 3.37. The van der Waals surface area contributed by atoms with Gasteiger partial charge in [-0.1, -0.05) is 30.3 Å². The van der Waals surface area contributed by atoms with E-state index in [1.807, 2.05) is 16.7 Å². The third-order valence-electron chi connectivity index (χ3n) is 3.60. The number of halogens is 1. The van der Waals surface area contributed by atoms with E-state index in [1.165, 1.54) is 6.20 Å². The lowest BCUT2D eigenvalue weighted by molar-refractivity contribution is 0.0693. The van der Waals surface area contributed by atoms with Gasteiger partial charge in [-0.25, -0.2) is 4.98 Å². The highest BCUT2D eigenvalue weighted by Crippen LogP contribution is 2.23. The average molecular weight is 325 g/mol. The zero-order chi connectivity index (χ0) is 14.8. The van der Waals surface area contributed by atoms with Crippen molar-refractivity contribution < 1.29 is 4.79 Å². The first-order chi connectivity index (χ1) is 10.1. The van der Waals surface area contributed by atoms with Gasteiger partial charge in [0.2, 0.25) is 0 Å². The summed E-state index contributed by atoms with van der Waals surface area (Å²) in [5.41, 5.74) is 0.592. The molecule has 0 N–H and O–H groups in total. The van der Waals surface area contributed by atoms with Crippen LogP contribution in [0.25, 0.3) is 0 Å². The van der Waals surface area contributed by atoms with Crippen LogP contribution in [0.1, 0.15) is 17.3 Å². The van der Waals surface area contributed by atoms with Crippen LogP contribution in [0.2, 0.25) is 5.15 Å². The van der Waals surface area contributed by atoms with Crippen molar-refractivity contribution in [2.45, 2.75) is 12.2 Å². The first kappa shape index (κ1) is 14.7. The minimum Gasteiger partial charge on any atom is -0.348 e. The number of amidine groups is 1. The summed E-state index contributed by atoms with van der Waals surface area (Å²) in [6.45, 7) is 6.20. The second-order valence-corrected chi connectivity index (χ2v) is 6.99. The number of carbonyl (C=O) groups is 1. The smallest absolute Gasteiger partial charge is 0.255 e. The molecule has 21 heavy (non-hydrogen) atoms. The van der Waals surface area contributed by atoms with Crippen LogP contribution < -0.4 is 0 Å². The molecule has 0 saturated carbocycles. The molecule has 0 radical (unpaired) electrons. The highest BCUT2D eigenvalue weighted by molar-refractivity contribution is 8.14. The van der Waals surface area contributed by atoms with Crippen molar-refractivity contribution in [3.05, 3.63) is 29.0 Å². The van der Waals surface area contributed by atoms with Crippen molar-refractivity contribution in [2.24, 2.45) is 4.99 Å². The van der Waals surface area contributed by atoms with E-state index in [0.717, 1.165) is 37.9 Å². The van der Waals surface area contributed by atoms with Crippen molar-refractivity contribution in [2.75, 3.05) is 32.7 Å². The van der Waals surface area contributed by atoms with Crippen molar-refractivity contribution in [1.82, 2.24) is 14.8 Å².